The van der Waals surface area contributed by atoms with Crippen molar-refractivity contribution in [2.45, 2.75) is 19.6 Å². The maximum absolute atomic E-state index is 13.4. The van der Waals surface area contributed by atoms with E-state index in [1.165, 1.54) is 30.0 Å². The molecule has 0 bridgehead atoms. The number of likely N-dealkylation sites (N-methyl/N-ethyl adjacent to an activating group) is 1. The van der Waals surface area contributed by atoms with Crippen LogP contribution in [-0.4, -0.2) is 35.7 Å². The van der Waals surface area contributed by atoms with E-state index in [1.807, 2.05) is 0 Å². The number of amides is 1. The molecule has 5 nitrogen and oxygen atoms in total. The van der Waals surface area contributed by atoms with Crippen molar-refractivity contribution < 1.29 is 23.5 Å². The van der Waals surface area contributed by atoms with E-state index in [0.717, 1.165) is 0 Å². The van der Waals surface area contributed by atoms with Crippen LogP contribution in [0.25, 0.3) is 0 Å². The van der Waals surface area contributed by atoms with Crippen LogP contribution in [0.1, 0.15) is 38.8 Å². The molecule has 0 aromatic heterocycles. The fourth-order valence-electron chi connectivity index (χ4n) is 3.18. The van der Waals surface area contributed by atoms with Crippen LogP contribution in [0.2, 0.25) is 0 Å². The van der Waals surface area contributed by atoms with Gasteiger partial charge in [0.2, 0.25) is 0 Å². The molecule has 0 aliphatic rings. The Morgan fingerprint density at radius 2 is 1.55 bits per heavy atom. The SMILES string of the molecule is C[C@@H](OC(=O)c1ccccc1C(=O)c1ccccc1)C(=O)N(C)Cc1cccc(F)c1. The Morgan fingerprint density at radius 1 is 0.903 bits per heavy atom. The fraction of sp³-hybridized carbons (Fsp3) is 0.160. The molecule has 0 N–H and O–H groups in total. The smallest absolute Gasteiger partial charge is 0.339 e. The van der Waals surface area contributed by atoms with E-state index in [2.05, 4.69) is 0 Å². The second-order valence-corrected chi connectivity index (χ2v) is 7.11. The topological polar surface area (TPSA) is 63.7 Å². The largest absolute Gasteiger partial charge is 0.449 e. The van der Waals surface area contributed by atoms with Crippen LogP contribution in [0.3, 0.4) is 0 Å². The van der Waals surface area contributed by atoms with Crippen LogP contribution < -0.4 is 0 Å². The van der Waals surface area contributed by atoms with E-state index in [9.17, 15) is 18.8 Å². The number of hydrogen-bond acceptors (Lipinski definition) is 4. The van der Waals surface area contributed by atoms with Gasteiger partial charge < -0.3 is 9.64 Å². The van der Waals surface area contributed by atoms with Gasteiger partial charge in [-0.15, -0.1) is 0 Å². The van der Waals surface area contributed by atoms with Gasteiger partial charge >= 0.3 is 5.97 Å². The Kier molecular flexibility index (Phi) is 6.92. The maximum Gasteiger partial charge on any atom is 0.339 e. The molecule has 0 fully saturated rings. The molecule has 3 aromatic rings. The summed E-state index contributed by atoms with van der Waals surface area (Å²) in [5.74, 6) is -1.91. The molecular formula is C25H22FNO4. The van der Waals surface area contributed by atoms with Crippen molar-refractivity contribution in [3.63, 3.8) is 0 Å². The van der Waals surface area contributed by atoms with Gasteiger partial charge in [0.05, 0.1) is 5.56 Å². The van der Waals surface area contributed by atoms with Gasteiger partial charge in [-0.05, 0) is 30.7 Å². The number of ether oxygens (including phenoxy) is 1. The number of rotatable bonds is 7. The molecule has 0 radical (unpaired) electrons. The lowest BCUT2D eigenvalue weighted by Gasteiger charge is -2.22. The second kappa shape index (κ2) is 9.80. The van der Waals surface area contributed by atoms with Crippen LogP contribution in [0, 0.1) is 5.82 Å². The zero-order valence-electron chi connectivity index (χ0n) is 17.2. The minimum Gasteiger partial charge on any atom is -0.449 e. The van der Waals surface area contributed by atoms with Gasteiger partial charge in [-0.25, -0.2) is 9.18 Å². The molecule has 0 aliphatic carbocycles. The maximum atomic E-state index is 13.4. The normalized spacial score (nSPS) is 11.5. The molecule has 0 aliphatic heterocycles. The van der Waals surface area contributed by atoms with E-state index in [0.29, 0.717) is 11.1 Å². The quantitative estimate of drug-likeness (QED) is 0.424. The summed E-state index contributed by atoms with van der Waals surface area (Å²) < 4.78 is 18.7. The van der Waals surface area contributed by atoms with E-state index < -0.39 is 23.8 Å². The Morgan fingerprint density at radius 3 is 2.23 bits per heavy atom. The number of ketones is 1. The van der Waals surface area contributed by atoms with Crippen molar-refractivity contribution in [1.82, 2.24) is 4.90 Å². The summed E-state index contributed by atoms with van der Waals surface area (Å²) in [5, 5.41) is 0. The minimum atomic E-state index is -1.08. The summed E-state index contributed by atoms with van der Waals surface area (Å²) in [6, 6.07) is 20.9. The van der Waals surface area contributed by atoms with E-state index in [1.54, 1.807) is 67.7 Å². The molecule has 3 rings (SSSR count). The lowest BCUT2D eigenvalue weighted by molar-refractivity contribution is -0.139. The van der Waals surface area contributed by atoms with E-state index in [4.69, 9.17) is 4.74 Å². The molecule has 0 spiro atoms. The lowest BCUT2D eigenvalue weighted by atomic mass is 9.98. The first kappa shape index (κ1) is 21.9. The monoisotopic (exact) mass is 419 g/mol. The molecule has 31 heavy (non-hydrogen) atoms. The number of esters is 1. The molecule has 3 aromatic carbocycles. The summed E-state index contributed by atoms with van der Waals surface area (Å²) in [5.41, 5.74) is 1.35. The second-order valence-electron chi connectivity index (χ2n) is 7.11. The van der Waals surface area contributed by atoms with Crippen molar-refractivity contribution in [1.29, 1.82) is 0 Å². The summed E-state index contributed by atoms with van der Waals surface area (Å²) in [4.78, 5) is 39.5. The average Bonchev–Trinajstić information content (AvgIpc) is 2.78. The number of hydrogen-bond donors (Lipinski definition) is 0. The Hall–Kier alpha value is -3.80. The number of carbonyl (C=O) groups is 3. The van der Waals surface area contributed by atoms with Crippen molar-refractivity contribution in [2.75, 3.05) is 7.05 Å². The Bertz CT molecular complexity index is 1100. The fourth-order valence-corrected chi connectivity index (χ4v) is 3.18. The Balaban J connectivity index is 1.71. The van der Waals surface area contributed by atoms with Crippen molar-refractivity contribution >= 4 is 17.7 Å². The summed E-state index contributed by atoms with van der Waals surface area (Å²) in [6.07, 6.45) is -1.08. The number of benzene rings is 3. The molecule has 6 heteroatoms. The van der Waals surface area contributed by atoms with Crippen LogP contribution in [0.5, 0.6) is 0 Å². The molecule has 0 saturated carbocycles. The van der Waals surface area contributed by atoms with Gasteiger partial charge in [0.15, 0.2) is 11.9 Å². The highest BCUT2D eigenvalue weighted by Crippen LogP contribution is 2.17. The van der Waals surface area contributed by atoms with Crippen molar-refractivity contribution in [2.24, 2.45) is 0 Å². The third-order valence-electron chi connectivity index (χ3n) is 4.74. The zero-order valence-corrected chi connectivity index (χ0v) is 17.2. The zero-order chi connectivity index (χ0) is 22.4. The van der Waals surface area contributed by atoms with Crippen LogP contribution in [0.4, 0.5) is 4.39 Å². The van der Waals surface area contributed by atoms with Crippen molar-refractivity contribution in [3.8, 4) is 0 Å². The van der Waals surface area contributed by atoms with Crippen LogP contribution in [0.15, 0.2) is 78.9 Å². The van der Waals surface area contributed by atoms with Gasteiger partial charge in [-0.2, -0.15) is 0 Å². The predicted octanol–water partition coefficient (Wildman–Crippen LogP) is 4.26. The van der Waals surface area contributed by atoms with E-state index >= 15 is 0 Å². The molecule has 0 heterocycles. The van der Waals surface area contributed by atoms with Crippen LogP contribution in [-0.2, 0) is 16.1 Å². The standard InChI is InChI=1S/C25H22FNO4/c1-17(24(29)27(2)16-18-9-8-12-20(26)15-18)31-25(30)22-14-7-6-13-21(22)23(28)19-10-4-3-5-11-19/h3-15,17H,16H2,1-2H3/t17-/m1/s1. The van der Waals surface area contributed by atoms with E-state index in [-0.39, 0.29) is 23.5 Å². The predicted molar refractivity (Wildman–Crippen MR) is 114 cm³/mol. The first-order valence-corrected chi connectivity index (χ1v) is 9.76. The number of halogens is 1. The summed E-state index contributed by atoms with van der Waals surface area (Å²) in [7, 11) is 1.55. The summed E-state index contributed by atoms with van der Waals surface area (Å²) >= 11 is 0. The van der Waals surface area contributed by atoms with Gasteiger partial charge in [0, 0.05) is 24.7 Å². The first-order chi connectivity index (χ1) is 14.9. The van der Waals surface area contributed by atoms with Gasteiger partial charge in [0.1, 0.15) is 5.82 Å². The molecule has 1 atom stereocenters. The molecule has 1 amide bonds. The van der Waals surface area contributed by atoms with Crippen LogP contribution >= 0.6 is 0 Å². The molecular weight excluding hydrogens is 397 g/mol. The summed E-state index contributed by atoms with van der Waals surface area (Å²) in [6.45, 7) is 1.63. The Labute approximate surface area is 180 Å². The lowest BCUT2D eigenvalue weighted by Crippen LogP contribution is -2.37. The third-order valence-corrected chi connectivity index (χ3v) is 4.74. The molecule has 158 valence electrons. The highest BCUT2D eigenvalue weighted by molar-refractivity contribution is 6.14. The van der Waals surface area contributed by atoms with Crippen molar-refractivity contribution in [3.05, 3.63) is 107 Å². The highest BCUT2D eigenvalue weighted by Gasteiger charge is 2.25. The highest BCUT2D eigenvalue weighted by atomic mass is 19.1. The number of carbonyl (C=O) groups excluding carboxylic acids is 3. The van der Waals surface area contributed by atoms with Gasteiger partial charge in [-0.1, -0.05) is 60.7 Å². The third kappa shape index (κ3) is 5.42. The minimum absolute atomic E-state index is 0.0868. The number of nitrogens with zero attached hydrogens (tertiary/aromatic N) is 1. The first-order valence-electron chi connectivity index (χ1n) is 9.76. The molecule has 0 unspecified atom stereocenters. The molecule has 0 saturated heterocycles. The van der Waals surface area contributed by atoms with Gasteiger partial charge in [0.25, 0.3) is 5.91 Å². The van der Waals surface area contributed by atoms with Gasteiger partial charge in [-0.3, -0.25) is 9.59 Å². The average molecular weight is 419 g/mol.